The maximum Gasteiger partial charge on any atom is 0.162 e. The van der Waals surface area contributed by atoms with E-state index in [0.29, 0.717) is 6.54 Å². The first-order chi connectivity index (χ1) is 6.81. The highest BCUT2D eigenvalue weighted by molar-refractivity contribution is 9.10. The Balaban J connectivity index is 2.33. The molecule has 2 rings (SSSR count). The van der Waals surface area contributed by atoms with E-state index in [9.17, 15) is 0 Å². The average molecular weight is 273 g/mol. The molecule has 3 nitrogen and oxygen atoms in total. The zero-order valence-electron chi connectivity index (χ0n) is 7.37. The molecule has 0 aromatic carbocycles. The third-order valence-electron chi connectivity index (χ3n) is 1.75. The molecular formula is C9H9BrN2OS. The Morgan fingerprint density at radius 3 is 3.07 bits per heavy atom. The zero-order valence-corrected chi connectivity index (χ0v) is 9.77. The first-order valence-corrected chi connectivity index (χ1v) is 5.81. The van der Waals surface area contributed by atoms with Gasteiger partial charge in [0.1, 0.15) is 4.60 Å². The lowest BCUT2D eigenvalue weighted by molar-refractivity contribution is 0.582. The minimum absolute atomic E-state index is 0.637. The molecule has 0 saturated heterocycles. The predicted octanol–water partition coefficient (Wildman–Crippen LogP) is 2.67. The van der Waals surface area contributed by atoms with Crippen molar-refractivity contribution in [3.63, 3.8) is 0 Å². The number of hydrogen-bond acceptors (Lipinski definition) is 4. The van der Waals surface area contributed by atoms with E-state index in [-0.39, 0.29) is 0 Å². The van der Waals surface area contributed by atoms with Gasteiger partial charge in [0.25, 0.3) is 0 Å². The van der Waals surface area contributed by atoms with Gasteiger partial charge in [-0.05, 0) is 41.0 Å². The molecule has 0 spiro atoms. The molecule has 0 aliphatic heterocycles. The lowest BCUT2D eigenvalue weighted by Gasteiger charge is -1.89. The number of halogens is 1. The van der Waals surface area contributed by atoms with E-state index < -0.39 is 0 Å². The van der Waals surface area contributed by atoms with Crippen LogP contribution in [0.3, 0.4) is 0 Å². The second-order valence-electron chi connectivity index (χ2n) is 2.75. The molecule has 0 aliphatic rings. The van der Waals surface area contributed by atoms with Crippen molar-refractivity contribution < 1.29 is 4.42 Å². The molecular weight excluding hydrogens is 264 g/mol. The number of nitrogens with zero attached hydrogens (tertiary/aromatic N) is 1. The van der Waals surface area contributed by atoms with Crippen LogP contribution in [0.5, 0.6) is 0 Å². The van der Waals surface area contributed by atoms with Crippen molar-refractivity contribution in [1.29, 1.82) is 0 Å². The third-order valence-corrected chi connectivity index (χ3v) is 3.80. The number of rotatable bonds is 3. The fourth-order valence-corrected chi connectivity index (χ4v) is 2.80. The van der Waals surface area contributed by atoms with Gasteiger partial charge in [0.15, 0.2) is 10.8 Å². The summed E-state index contributed by atoms with van der Waals surface area (Å²) in [4.78, 5) is 5.52. The number of aromatic nitrogens is 1. The molecule has 74 valence electrons. The minimum atomic E-state index is 0.637. The second kappa shape index (κ2) is 4.25. The largest absolute Gasteiger partial charge is 0.462 e. The molecule has 0 fully saturated rings. The van der Waals surface area contributed by atoms with E-state index in [1.54, 1.807) is 17.6 Å². The summed E-state index contributed by atoms with van der Waals surface area (Å²) in [6.45, 7) is 0.637. The van der Waals surface area contributed by atoms with Gasteiger partial charge in [0.05, 0.1) is 6.26 Å². The van der Waals surface area contributed by atoms with E-state index in [2.05, 4.69) is 20.9 Å². The van der Waals surface area contributed by atoms with Gasteiger partial charge >= 0.3 is 0 Å². The van der Waals surface area contributed by atoms with Crippen molar-refractivity contribution in [2.75, 3.05) is 6.54 Å². The summed E-state index contributed by atoms with van der Waals surface area (Å²) in [7, 11) is 0. The summed E-state index contributed by atoms with van der Waals surface area (Å²) in [6, 6.07) is 3.75. The first-order valence-electron chi connectivity index (χ1n) is 4.20. The number of thiazole rings is 1. The Kier molecular flexibility index (Phi) is 3.00. The highest BCUT2D eigenvalue weighted by Crippen LogP contribution is 2.31. The standard InChI is InChI=1S/C9H9BrN2OS/c10-8-7(3-4-11)14-9(12-8)6-2-1-5-13-6/h1-2,5H,3-4,11H2. The summed E-state index contributed by atoms with van der Waals surface area (Å²) in [5, 5.41) is 0.894. The lowest BCUT2D eigenvalue weighted by atomic mass is 10.4. The van der Waals surface area contributed by atoms with Crippen LogP contribution in [0.2, 0.25) is 0 Å². The van der Waals surface area contributed by atoms with Gasteiger partial charge in [-0.15, -0.1) is 11.3 Å². The van der Waals surface area contributed by atoms with Gasteiger partial charge in [-0.25, -0.2) is 4.98 Å². The fourth-order valence-electron chi connectivity index (χ4n) is 1.12. The van der Waals surface area contributed by atoms with Crippen molar-refractivity contribution in [3.8, 4) is 10.8 Å². The van der Waals surface area contributed by atoms with E-state index in [4.69, 9.17) is 10.2 Å². The highest BCUT2D eigenvalue weighted by atomic mass is 79.9. The van der Waals surface area contributed by atoms with Gasteiger partial charge in [-0.1, -0.05) is 0 Å². The SMILES string of the molecule is NCCc1sc(-c2ccco2)nc1Br. The molecule has 2 heterocycles. The normalized spacial score (nSPS) is 10.7. The molecule has 0 aliphatic carbocycles. The van der Waals surface area contributed by atoms with Crippen LogP contribution in [-0.4, -0.2) is 11.5 Å². The van der Waals surface area contributed by atoms with Crippen LogP contribution in [-0.2, 0) is 6.42 Å². The van der Waals surface area contributed by atoms with E-state index in [0.717, 1.165) is 21.8 Å². The molecule has 0 atom stereocenters. The van der Waals surface area contributed by atoms with Crippen molar-refractivity contribution in [3.05, 3.63) is 27.9 Å². The van der Waals surface area contributed by atoms with Crippen LogP contribution in [0, 0.1) is 0 Å². The van der Waals surface area contributed by atoms with Crippen molar-refractivity contribution >= 4 is 27.3 Å². The number of furan rings is 1. The van der Waals surface area contributed by atoms with Crippen molar-refractivity contribution in [1.82, 2.24) is 4.98 Å². The highest BCUT2D eigenvalue weighted by Gasteiger charge is 2.11. The summed E-state index contributed by atoms with van der Waals surface area (Å²) in [5.41, 5.74) is 5.49. The lowest BCUT2D eigenvalue weighted by Crippen LogP contribution is -2.01. The molecule has 0 radical (unpaired) electrons. The minimum Gasteiger partial charge on any atom is -0.462 e. The zero-order chi connectivity index (χ0) is 9.97. The summed E-state index contributed by atoms with van der Waals surface area (Å²) >= 11 is 5.02. The molecule has 2 N–H and O–H groups in total. The molecule has 0 bridgehead atoms. The Labute approximate surface area is 94.1 Å². The molecule has 14 heavy (non-hydrogen) atoms. The molecule has 2 aromatic heterocycles. The van der Waals surface area contributed by atoms with Gasteiger partial charge < -0.3 is 10.2 Å². The fraction of sp³-hybridized carbons (Fsp3) is 0.222. The first kappa shape index (κ1) is 9.89. The molecule has 0 amide bonds. The smallest absolute Gasteiger partial charge is 0.162 e. The molecule has 0 unspecified atom stereocenters. The monoisotopic (exact) mass is 272 g/mol. The van der Waals surface area contributed by atoms with E-state index in [1.807, 2.05) is 12.1 Å². The Bertz CT molecular complexity index is 410. The summed E-state index contributed by atoms with van der Waals surface area (Å²) in [6.07, 6.45) is 2.49. The average Bonchev–Trinajstić information content (AvgIpc) is 2.76. The maximum atomic E-state index is 5.49. The van der Waals surface area contributed by atoms with Gasteiger partial charge in [-0.3, -0.25) is 0 Å². The second-order valence-corrected chi connectivity index (χ2v) is 4.58. The van der Waals surface area contributed by atoms with Gasteiger partial charge in [-0.2, -0.15) is 0 Å². The van der Waals surface area contributed by atoms with Crippen LogP contribution >= 0.6 is 27.3 Å². The van der Waals surface area contributed by atoms with Crippen LogP contribution in [0.15, 0.2) is 27.4 Å². The third kappa shape index (κ3) is 1.89. The Morgan fingerprint density at radius 1 is 1.57 bits per heavy atom. The quantitative estimate of drug-likeness (QED) is 0.935. The summed E-state index contributed by atoms with van der Waals surface area (Å²) < 4.78 is 6.14. The number of nitrogens with two attached hydrogens (primary N) is 1. The maximum absolute atomic E-state index is 5.49. The van der Waals surface area contributed by atoms with E-state index >= 15 is 0 Å². The molecule has 2 aromatic rings. The van der Waals surface area contributed by atoms with Crippen molar-refractivity contribution in [2.45, 2.75) is 6.42 Å². The van der Waals surface area contributed by atoms with Crippen LogP contribution < -0.4 is 5.73 Å². The van der Waals surface area contributed by atoms with Crippen LogP contribution in [0.1, 0.15) is 4.88 Å². The van der Waals surface area contributed by atoms with Crippen LogP contribution in [0.25, 0.3) is 10.8 Å². The van der Waals surface area contributed by atoms with Crippen LogP contribution in [0.4, 0.5) is 0 Å². The Morgan fingerprint density at radius 2 is 2.43 bits per heavy atom. The van der Waals surface area contributed by atoms with Gasteiger partial charge in [0.2, 0.25) is 0 Å². The topological polar surface area (TPSA) is 52.0 Å². The Hall–Kier alpha value is -0.650. The van der Waals surface area contributed by atoms with Crippen molar-refractivity contribution in [2.24, 2.45) is 5.73 Å². The molecule has 5 heteroatoms. The number of hydrogen-bond donors (Lipinski definition) is 1. The molecule has 0 saturated carbocycles. The van der Waals surface area contributed by atoms with Gasteiger partial charge in [0, 0.05) is 4.88 Å². The van der Waals surface area contributed by atoms with E-state index in [1.165, 1.54) is 4.88 Å². The summed E-state index contributed by atoms with van der Waals surface area (Å²) in [5.74, 6) is 0.805. The predicted molar refractivity (Wildman–Crippen MR) is 60.3 cm³/mol.